The van der Waals surface area contributed by atoms with E-state index >= 15 is 0 Å². The van der Waals surface area contributed by atoms with Gasteiger partial charge in [0.05, 0.1) is 16.8 Å². The second-order valence-electron chi connectivity index (χ2n) is 4.54. The van der Waals surface area contributed by atoms with Crippen LogP contribution in [0.15, 0.2) is 55.0 Å². The monoisotopic (exact) mass is 283 g/mol. The predicted molar refractivity (Wildman–Crippen MR) is 81.9 cm³/mol. The van der Waals surface area contributed by atoms with E-state index in [0.29, 0.717) is 5.02 Å². The lowest BCUT2D eigenvalue weighted by Gasteiger charge is -2.19. The van der Waals surface area contributed by atoms with Gasteiger partial charge < -0.3 is 5.32 Å². The summed E-state index contributed by atoms with van der Waals surface area (Å²) < 4.78 is 0. The van der Waals surface area contributed by atoms with Crippen molar-refractivity contribution in [3.63, 3.8) is 0 Å². The minimum atomic E-state index is -0.0465. The SMILES string of the molecule is CNC(c1ncccc1Cl)c1cccc2cnccc12. The van der Waals surface area contributed by atoms with Crippen LogP contribution in [-0.2, 0) is 0 Å². The van der Waals surface area contributed by atoms with Crippen molar-refractivity contribution in [3.8, 4) is 0 Å². The Kier molecular flexibility index (Phi) is 3.63. The van der Waals surface area contributed by atoms with Crippen LogP contribution in [0.4, 0.5) is 0 Å². The lowest BCUT2D eigenvalue weighted by Crippen LogP contribution is -2.19. The summed E-state index contributed by atoms with van der Waals surface area (Å²) in [5.74, 6) is 0. The topological polar surface area (TPSA) is 37.8 Å². The average molecular weight is 284 g/mol. The molecule has 1 N–H and O–H groups in total. The van der Waals surface area contributed by atoms with Crippen molar-refractivity contribution in [2.45, 2.75) is 6.04 Å². The molecule has 2 aromatic heterocycles. The van der Waals surface area contributed by atoms with Crippen molar-refractivity contribution in [1.29, 1.82) is 0 Å². The third kappa shape index (κ3) is 2.26. The van der Waals surface area contributed by atoms with Crippen LogP contribution in [0.1, 0.15) is 17.3 Å². The molecule has 0 aliphatic heterocycles. The van der Waals surface area contributed by atoms with Gasteiger partial charge in [-0.05, 0) is 36.2 Å². The summed E-state index contributed by atoms with van der Waals surface area (Å²) in [6.45, 7) is 0. The highest BCUT2D eigenvalue weighted by Gasteiger charge is 2.18. The maximum atomic E-state index is 6.28. The van der Waals surface area contributed by atoms with Crippen LogP contribution in [0.25, 0.3) is 10.8 Å². The van der Waals surface area contributed by atoms with Crippen LogP contribution >= 0.6 is 11.6 Å². The minimum absolute atomic E-state index is 0.0465. The molecule has 0 radical (unpaired) electrons. The second-order valence-corrected chi connectivity index (χ2v) is 4.94. The molecule has 1 atom stereocenters. The fraction of sp³-hybridized carbons (Fsp3) is 0.125. The number of pyridine rings is 2. The molecule has 20 heavy (non-hydrogen) atoms. The molecule has 3 nitrogen and oxygen atoms in total. The van der Waals surface area contributed by atoms with Gasteiger partial charge in [-0.3, -0.25) is 9.97 Å². The lowest BCUT2D eigenvalue weighted by molar-refractivity contribution is 0.676. The maximum Gasteiger partial charge on any atom is 0.0804 e. The van der Waals surface area contributed by atoms with Crippen LogP contribution in [0, 0.1) is 0 Å². The molecule has 0 bridgehead atoms. The van der Waals surface area contributed by atoms with E-state index in [9.17, 15) is 0 Å². The Labute approximate surface area is 122 Å². The molecule has 3 rings (SSSR count). The third-order valence-corrected chi connectivity index (χ3v) is 3.69. The summed E-state index contributed by atoms with van der Waals surface area (Å²) >= 11 is 6.28. The molecule has 2 heterocycles. The number of fused-ring (bicyclic) bond motifs is 1. The molecule has 4 heteroatoms. The molecule has 0 fully saturated rings. The summed E-state index contributed by atoms with van der Waals surface area (Å²) in [5, 5.41) is 6.23. The van der Waals surface area contributed by atoms with Gasteiger partial charge in [-0.2, -0.15) is 0 Å². The summed E-state index contributed by atoms with van der Waals surface area (Å²) in [6.07, 6.45) is 5.43. The molecule has 0 saturated heterocycles. The van der Waals surface area contributed by atoms with Crippen LogP contribution in [0.5, 0.6) is 0 Å². The van der Waals surface area contributed by atoms with E-state index < -0.39 is 0 Å². The Morgan fingerprint density at radius 2 is 2.00 bits per heavy atom. The molecule has 3 aromatic rings. The number of nitrogens with one attached hydrogen (secondary N) is 1. The highest BCUT2D eigenvalue weighted by molar-refractivity contribution is 6.31. The van der Waals surface area contributed by atoms with Crippen molar-refractivity contribution < 1.29 is 0 Å². The number of hydrogen-bond donors (Lipinski definition) is 1. The fourth-order valence-electron chi connectivity index (χ4n) is 2.45. The first-order chi connectivity index (χ1) is 9.81. The molecule has 0 spiro atoms. The Morgan fingerprint density at radius 3 is 2.80 bits per heavy atom. The number of nitrogens with zero attached hydrogens (tertiary/aromatic N) is 2. The summed E-state index contributed by atoms with van der Waals surface area (Å²) in [7, 11) is 1.91. The zero-order chi connectivity index (χ0) is 13.9. The molecular weight excluding hydrogens is 270 g/mol. The predicted octanol–water partition coefficient (Wildman–Crippen LogP) is 3.59. The highest BCUT2D eigenvalue weighted by atomic mass is 35.5. The van der Waals surface area contributed by atoms with Gasteiger partial charge >= 0.3 is 0 Å². The average Bonchev–Trinajstić information content (AvgIpc) is 2.50. The van der Waals surface area contributed by atoms with Crippen LogP contribution < -0.4 is 5.32 Å². The van der Waals surface area contributed by atoms with E-state index in [2.05, 4.69) is 27.4 Å². The Bertz CT molecular complexity index is 737. The number of rotatable bonds is 3. The van der Waals surface area contributed by atoms with Crippen LogP contribution in [-0.4, -0.2) is 17.0 Å². The van der Waals surface area contributed by atoms with Gasteiger partial charge in [0.15, 0.2) is 0 Å². The standard InChI is InChI=1S/C16H14ClN3/c1-18-15(16-14(17)6-3-8-20-16)13-5-2-4-11-10-19-9-7-12(11)13/h2-10,15,18H,1H3. The largest absolute Gasteiger partial charge is 0.308 e. The van der Waals surface area contributed by atoms with E-state index in [-0.39, 0.29) is 6.04 Å². The van der Waals surface area contributed by atoms with E-state index in [1.54, 1.807) is 12.4 Å². The fourth-order valence-corrected chi connectivity index (χ4v) is 2.68. The van der Waals surface area contributed by atoms with Gasteiger partial charge in [0.2, 0.25) is 0 Å². The van der Waals surface area contributed by atoms with Crippen molar-refractivity contribution in [3.05, 3.63) is 71.3 Å². The number of halogens is 1. The summed E-state index contributed by atoms with van der Waals surface area (Å²) in [4.78, 5) is 8.59. The first-order valence-electron chi connectivity index (χ1n) is 6.41. The minimum Gasteiger partial charge on any atom is -0.308 e. The second kappa shape index (κ2) is 5.57. The number of benzene rings is 1. The van der Waals surface area contributed by atoms with Crippen molar-refractivity contribution >= 4 is 22.4 Å². The van der Waals surface area contributed by atoms with Gasteiger partial charge in [-0.25, -0.2) is 0 Å². The highest BCUT2D eigenvalue weighted by Crippen LogP contribution is 2.30. The van der Waals surface area contributed by atoms with Crippen molar-refractivity contribution in [2.75, 3.05) is 7.05 Å². The van der Waals surface area contributed by atoms with Gasteiger partial charge in [-0.15, -0.1) is 0 Å². The zero-order valence-electron chi connectivity index (χ0n) is 11.0. The van der Waals surface area contributed by atoms with E-state index in [1.165, 1.54) is 0 Å². The van der Waals surface area contributed by atoms with E-state index in [4.69, 9.17) is 11.6 Å². The van der Waals surface area contributed by atoms with Crippen molar-refractivity contribution in [1.82, 2.24) is 15.3 Å². The molecule has 0 amide bonds. The normalized spacial score (nSPS) is 12.5. The molecule has 0 aliphatic rings. The quantitative estimate of drug-likeness (QED) is 0.798. The van der Waals surface area contributed by atoms with E-state index in [1.807, 2.05) is 37.5 Å². The first kappa shape index (κ1) is 13.0. The molecule has 100 valence electrons. The molecule has 1 aromatic carbocycles. The van der Waals surface area contributed by atoms with Gasteiger partial charge in [0, 0.05) is 24.0 Å². The first-order valence-corrected chi connectivity index (χ1v) is 6.79. The number of aromatic nitrogens is 2. The van der Waals surface area contributed by atoms with E-state index in [0.717, 1.165) is 22.0 Å². The zero-order valence-corrected chi connectivity index (χ0v) is 11.8. The molecule has 0 aliphatic carbocycles. The van der Waals surface area contributed by atoms with Gasteiger partial charge in [0.25, 0.3) is 0 Å². The van der Waals surface area contributed by atoms with Crippen LogP contribution in [0.3, 0.4) is 0 Å². The maximum absolute atomic E-state index is 6.28. The Hall–Kier alpha value is -1.97. The van der Waals surface area contributed by atoms with Crippen molar-refractivity contribution in [2.24, 2.45) is 0 Å². The molecule has 1 unspecified atom stereocenters. The van der Waals surface area contributed by atoms with Gasteiger partial charge in [0.1, 0.15) is 0 Å². The molecular formula is C16H14ClN3. The van der Waals surface area contributed by atoms with Gasteiger partial charge in [-0.1, -0.05) is 29.8 Å². The summed E-state index contributed by atoms with van der Waals surface area (Å²) in [5.41, 5.74) is 1.98. The Morgan fingerprint density at radius 1 is 1.10 bits per heavy atom. The number of hydrogen-bond acceptors (Lipinski definition) is 3. The Balaban J connectivity index is 2.20. The summed E-state index contributed by atoms with van der Waals surface area (Å²) in [6, 6.07) is 11.8. The molecule has 0 saturated carbocycles. The third-order valence-electron chi connectivity index (χ3n) is 3.37. The smallest absolute Gasteiger partial charge is 0.0804 e. The van der Waals surface area contributed by atoms with Crippen LogP contribution in [0.2, 0.25) is 5.02 Å². The lowest BCUT2D eigenvalue weighted by atomic mass is 9.97.